The Labute approximate surface area is 131 Å². The van der Waals surface area contributed by atoms with Crippen LogP contribution in [0.25, 0.3) is 0 Å². The smallest absolute Gasteiger partial charge is 0.409 e. The zero-order valence-corrected chi connectivity index (χ0v) is 13.9. The molecule has 1 N–H and O–H groups in total. The van der Waals surface area contributed by atoms with Gasteiger partial charge < -0.3 is 9.64 Å². The molecule has 0 spiro atoms. The summed E-state index contributed by atoms with van der Waals surface area (Å²) in [6.07, 6.45) is 0.800. The van der Waals surface area contributed by atoms with Gasteiger partial charge in [0.15, 0.2) is 0 Å². The summed E-state index contributed by atoms with van der Waals surface area (Å²) in [4.78, 5) is 13.3. The van der Waals surface area contributed by atoms with Crippen LogP contribution >= 0.6 is 0 Å². The second-order valence-electron chi connectivity index (χ2n) is 5.62. The van der Waals surface area contributed by atoms with Crippen LogP contribution in [0.3, 0.4) is 0 Å². The maximum Gasteiger partial charge on any atom is 0.409 e. The van der Waals surface area contributed by atoms with Gasteiger partial charge in [-0.25, -0.2) is 17.9 Å². The molecule has 122 valence electrons. The van der Waals surface area contributed by atoms with Crippen molar-refractivity contribution in [1.82, 2.24) is 9.62 Å². The number of carbonyl (C=O) groups excluding carboxylic acids is 1. The number of hydrogen-bond acceptors (Lipinski definition) is 4. The summed E-state index contributed by atoms with van der Waals surface area (Å²) in [5.74, 6) is 0. The molecule has 1 saturated heterocycles. The number of benzene rings is 1. The van der Waals surface area contributed by atoms with E-state index in [0.717, 1.165) is 11.1 Å². The van der Waals surface area contributed by atoms with Gasteiger partial charge in [0.2, 0.25) is 10.0 Å². The van der Waals surface area contributed by atoms with Crippen LogP contribution in [0, 0.1) is 13.8 Å². The molecule has 6 nitrogen and oxygen atoms in total. The van der Waals surface area contributed by atoms with E-state index in [9.17, 15) is 13.2 Å². The largest absolute Gasteiger partial charge is 0.453 e. The van der Waals surface area contributed by atoms with E-state index >= 15 is 0 Å². The van der Waals surface area contributed by atoms with E-state index < -0.39 is 10.0 Å². The molecule has 7 heteroatoms. The molecule has 1 fully saturated rings. The highest BCUT2D eigenvalue weighted by Gasteiger charge is 2.27. The lowest BCUT2D eigenvalue weighted by atomic mass is 10.1. The van der Waals surface area contributed by atoms with Gasteiger partial charge in [0.25, 0.3) is 0 Å². The van der Waals surface area contributed by atoms with Gasteiger partial charge >= 0.3 is 6.09 Å². The van der Waals surface area contributed by atoms with Crippen molar-refractivity contribution in [1.29, 1.82) is 0 Å². The normalized spacial score (nSPS) is 16.6. The van der Waals surface area contributed by atoms with Crippen LogP contribution in [-0.2, 0) is 14.8 Å². The molecule has 1 aromatic carbocycles. The maximum absolute atomic E-state index is 12.5. The molecule has 1 heterocycles. The second-order valence-corrected chi connectivity index (χ2v) is 7.30. The quantitative estimate of drug-likeness (QED) is 0.919. The minimum Gasteiger partial charge on any atom is -0.453 e. The van der Waals surface area contributed by atoms with Gasteiger partial charge in [0.1, 0.15) is 0 Å². The number of hydrogen-bond donors (Lipinski definition) is 1. The molecule has 0 saturated carbocycles. The number of rotatable bonds is 3. The first-order valence-electron chi connectivity index (χ1n) is 7.26. The van der Waals surface area contributed by atoms with Crippen molar-refractivity contribution in [2.45, 2.75) is 37.6 Å². The Kier molecular flexibility index (Phi) is 5.08. The minimum absolute atomic E-state index is 0.161. The zero-order valence-electron chi connectivity index (χ0n) is 13.1. The van der Waals surface area contributed by atoms with E-state index in [4.69, 9.17) is 0 Å². The highest BCUT2D eigenvalue weighted by Crippen LogP contribution is 2.19. The molecule has 1 aliphatic heterocycles. The highest BCUT2D eigenvalue weighted by molar-refractivity contribution is 7.89. The Morgan fingerprint density at radius 1 is 1.27 bits per heavy atom. The molecule has 0 aromatic heterocycles. The molecule has 0 aliphatic carbocycles. The molecular formula is C15H22N2O4S. The van der Waals surface area contributed by atoms with E-state index in [-0.39, 0.29) is 12.1 Å². The number of aryl methyl sites for hydroxylation is 2. The summed E-state index contributed by atoms with van der Waals surface area (Å²) in [5.41, 5.74) is 1.77. The van der Waals surface area contributed by atoms with E-state index in [1.807, 2.05) is 13.0 Å². The molecule has 1 aromatic rings. The number of methoxy groups -OCH3 is 1. The van der Waals surface area contributed by atoms with Crippen LogP contribution in [0.1, 0.15) is 24.0 Å². The molecule has 0 radical (unpaired) electrons. The van der Waals surface area contributed by atoms with Crippen molar-refractivity contribution >= 4 is 16.1 Å². The van der Waals surface area contributed by atoms with Crippen LogP contribution in [0.2, 0.25) is 0 Å². The fourth-order valence-corrected chi connectivity index (χ4v) is 4.22. The van der Waals surface area contributed by atoms with Gasteiger partial charge in [-0.1, -0.05) is 17.7 Å². The van der Waals surface area contributed by atoms with Crippen LogP contribution < -0.4 is 4.72 Å². The third-order valence-electron chi connectivity index (χ3n) is 3.87. The lowest BCUT2D eigenvalue weighted by molar-refractivity contribution is 0.111. The van der Waals surface area contributed by atoms with Gasteiger partial charge in [-0.3, -0.25) is 0 Å². The fourth-order valence-electron chi connectivity index (χ4n) is 2.69. The predicted molar refractivity (Wildman–Crippen MR) is 83.2 cm³/mol. The average molecular weight is 326 g/mol. The van der Waals surface area contributed by atoms with Gasteiger partial charge in [-0.15, -0.1) is 0 Å². The molecule has 2 rings (SSSR count). The highest BCUT2D eigenvalue weighted by atomic mass is 32.2. The van der Waals surface area contributed by atoms with Crippen LogP contribution in [0.4, 0.5) is 4.79 Å². The Morgan fingerprint density at radius 3 is 2.45 bits per heavy atom. The number of carbonyl (C=O) groups is 1. The molecule has 22 heavy (non-hydrogen) atoms. The standard InChI is InChI=1S/C15H22N2O4S/c1-11-4-5-14(12(2)10-11)22(19,20)16-13-6-8-17(9-7-13)15(18)21-3/h4-5,10,13,16H,6-9H2,1-3H3. The topological polar surface area (TPSA) is 75.7 Å². The van der Waals surface area contributed by atoms with Crippen molar-refractivity contribution < 1.29 is 17.9 Å². The number of amides is 1. The monoisotopic (exact) mass is 326 g/mol. The molecule has 1 amide bonds. The summed E-state index contributed by atoms with van der Waals surface area (Å²) < 4.78 is 32.4. The Bertz CT molecular complexity index is 650. The fraction of sp³-hybridized carbons (Fsp3) is 0.533. The van der Waals surface area contributed by atoms with Crippen LogP contribution in [0.5, 0.6) is 0 Å². The molecule has 0 bridgehead atoms. The maximum atomic E-state index is 12.5. The van der Waals surface area contributed by atoms with Crippen LogP contribution in [0.15, 0.2) is 23.1 Å². The van der Waals surface area contributed by atoms with E-state index in [0.29, 0.717) is 30.8 Å². The molecule has 1 aliphatic rings. The number of nitrogens with zero attached hydrogens (tertiary/aromatic N) is 1. The third-order valence-corrected chi connectivity index (χ3v) is 5.55. The lowest BCUT2D eigenvalue weighted by Gasteiger charge is -2.31. The summed E-state index contributed by atoms with van der Waals surface area (Å²) in [7, 11) is -2.19. The number of sulfonamides is 1. The number of ether oxygens (including phenoxy) is 1. The van der Waals surface area contributed by atoms with E-state index in [1.54, 1.807) is 24.0 Å². The molecule has 0 atom stereocenters. The van der Waals surface area contributed by atoms with Gasteiger partial charge in [0.05, 0.1) is 12.0 Å². The summed E-state index contributed by atoms with van der Waals surface area (Å²) in [5, 5.41) is 0. The average Bonchev–Trinajstić information content (AvgIpc) is 2.46. The minimum atomic E-state index is -3.54. The third kappa shape index (κ3) is 3.78. The zero-order chi connectivity index (χ0) is 16.3. The lowest BCUT2D eigenvalue weighted by Crippen LogP contribution is -2.46. The number of nitrogens with one attached hydrogen (secondary N) is 1. The van der Waals surface area contributed by atoms with Crippen molar-refractivity contribution in [3.63, 3.8) is 0 Å². The van der Waals surface area contributed by atoms with Crippen LogP contribution in [-0.4, -0.2) is 45.7 Å². The van der Waals surface area contributed by atoms with Crippen molar-refractivity contribution in [2.24, 2.45) is 0 Å². The Hall–Kier alpha value is -1.60. The van der Waals surface area contributed by atoms with Crippen molar-refractivity contribution in [3.8, 4) is 0 Å². The van der Waals surface area contributed by atoms with E-state index in [1.165, 1.54) is 7.11 Å². The Balaban J connectivity index is 2.03. The summed E-state index contributed by atoms with van der Waals surface area (Å²) in [6.45, 7) is 4.71. The van der Waals surface area contributed by atoms with Gasteiger partial charge in [-0.2, -0.15) is 0 Å². The first-order valence-corrected chi connectivity index (χ1v) is 8.74. The SMILES string of the molecule is COC(=O)N1CCC(NS(=O)(=O)c2ccc(C)cc2C)CC1. The summed E-state index contributed by atoms with van der Waals surface area (Å²) in [6, 6.07) is 5.12. The van der Waals surface area contributed by atoms with Crippen molar-refractivity contribution in [2.75, 3.05) is 20.2 Å². The van der Waals surface area contributed by atoms with Gasteiger partial charge in [0, 0.05) is 19.1 Å². The second kappa shape index (κ2) is 6.66. The molecular weight excluding hydrogens is 304 g/mol. The first kappa shape index (κ1) is 16.8. The summed E-state index contributed by atoms with van der Waals surface area (Å²) >= 11 is 0. The van der Waals surface area contributed by atoms with Crippen molar-refractivity contribution in [3.05, 3.63) is 29.3 Å². The Morgan fingerprint density at radius 2 is 1.91 bits per heavy atom. The molecule has 0 unspecified atom stereocenters. The number of piperidine rings is 1. The van der Waals surface area contributed by atoms with Gasteiger partial charge in [-0.05, 0) is 38.3 Å². The van der Waals surface area contributed by atoms with E-state index in [2.05, 4.69) is 9.46 Å². The number of likely N-dealkylation sites (tertiary alicyclic amines) is 1. The first-order chi connectivity index (χ1) is 10.3. The predicted octanol–water partition coefficient (Wildman–Crippen LogP) is 1.81.